The molecule has 2 N–H and O–H groups in total. The summed E-state index contributed by atoms with van der Waals surface area (Å²) >= 11 is 1.46. The molecule has 4 aliphatic rings. The zero-order valence-electron chi connectivity index (χ0n) is 23.1. The number of thioether (sulfide) groups is 1. The molecule has 0 radical (unpaired) electrons. The summed E-state index contributed by atoms with van der Waals surface area (Å²) in [5.41, 5.74) is 0.0539. The average molecular weight is 549 g/mol. The molecule has 1 aliphatic carbocycles. The third-order valence-corrected chi connectivity index (χ3v) is 10.3. The van der Waals surface area contributed by atoms with Crippen molar-refractivity contribution in [2.24, 2.45) is 23.7 Å². The van der Waals surface area contributed by atoms with Gasteiger partial charge < -0.3 is 29.9 Å². The molecule has 8 atom stereocenters. The van der Waals surface area contributed by atoms with Crippen LogP contribution in [0.1, 0.15) is 52.9 Å². The first-order valence-electron chi connectivity index (χ1n) is 13.5. The summed E-state index contributed by atoms with van der Waals surface area (Å²) in [7, 11) is 5.32. The standard InChI is InChI=1S/C27H40N4O6S/c1-13(9-14(2)32)20-21-15(3)23(22(27(36)37)31(21)26(20)35)38-18-11-19(28-12-18)25(34)30(6)17-8-7-16(10-17)24(33)29(4)5/h13,15-21,28H,7-12H2,1-6H3,(H,36,37)/t13-,15+,16-,17+,18-,19-,20+,21+/m0/s1. The van der Waals surface area contributed by atoms with Crippen molar-refractivity contribution in [2.45, 2.75) is 76.3 Å². The molecule has 0 aromatic carbocycles. The molecule has 10 nitrogen and oxygen atoms in total. The minimum absolute atomic E-state index is 0.0000731. The molecule has 0 bridgehead atoms. The number of β-lactam (4-membered cyclic amide) rings is 1. The van der Waals surface area contributed by atoms with E-state index in [1.807, 2.05) is 13.8 Å². The predicted octanol–water partition coefficient (Wildman–Crippen LogP) is 1.55. The maximum Gasteiger partial charge on any atom is 0.353 e. The Hall–Kier alpha value is -2.40. The van der Waals surface area contributed by atoms with Gasteiger partial charge in [0.2, 0.25) is 17.7 Å². The van der Waals surface area contributed by atoms with Gasteiger partial charge in [0.15, 0.2) is 0 Å². The summed E-state index contributed by atoms with van der Waals surface area (Å²) in [4.78, 5) is 68.0. The molecule has 38 heavy (non-hydrogen) atoms. The quantitative estimate of drug-likeness (QED) is 0.416. The third kappa shape index (κ3) is 5.11. The molecule has 0 unspecified atom stereocenters. The number of hydrogen-bond donors (Lipinski definition) is 2. The summed E-state index contributed by atoms with van der Waals surface area (Å²) in [6.45, 7) is 5.91. The molecule has 3 aliphatic heterocycles. The molecule has 11 heteroatoms. The maximum atomic E-state index is 13.3. The van der Waals surface area contributed by atoms with E-state index in [0.29, 0.717) is 30.7 Å². The summed E-state index contributed by atoms with van der Waals surface area (Å²) in [6.07, 6.45) is 3.12. The Labute approximate surface area is 228 Å². The SMILES string of the molecule is CC(=O)C[C@H](C)[C@H]1C(=O)N2C(C(=O)O)=C(S[C@@H]3CN[C@H](C(=O)N(C)[C@@H]4CC[C@H](C(=O)N(C)C)C4)C3)[C@H](C)[C@H]12. The number of carboxylic acids is 1. The fourth-order valence-electron chi connectivity index (χ4n) is 6.83. The minimum Gasteiger partial charge on any atom is -0.477 e. The second kappa shape index (κ2) is 11.0. The minimum atomic E-state index is -1.12. The van der Waals surface area contributed by atoms with Gasteiger partial charge in [-0.3, -0.25) is 14.4 Å². The molecule has 1 saturated carbocycles. The van der Waals surface area contributed by atoms with Crippen molar-refractivity contribution in [3.63, 3.8) is 0 Å². The number of carbonyl (C=O) groups is 5. The molecular formula is C27H40N4O6S. The molecule has 4 rings (SSSR count). The van der Waals surface area contributed by atoms with Crippen LogP contribution in [0, 0.1) is 23.7 Å². The van der Waals surface area contributed by atoms with E-state index in [0.717, 1.165) is 12.8 Å². The van der Waals surface area contributed by atoms with Gasteiger partial charge in [-0.2, -0.15) is 0 Å². The van der Waals surface area contributed by atoms with Gasteiger partial charge in [0.1, 0.15) is 11.5 Å². The molecular weight excluding hydrogens is 508 g/mol. The third-order valence-electron chi connectivity index (χ3n) is 8.79. The molecule has 3 heterocycles. The maximum absolute atomic E-state index is 13.3. The van der Waals surface area contributed by atoms with Crippen LogP contribution >= 0.6 is 11.8 Å². The lowest BCUT2D eigenvalue weighted by atomic mass is 9.73. The first kappa shape index (κ1) is 28.6. The van der Waals surface area contributed by atoms with E-state index in [2.05, 4.69) is 5.32 Å². The van der Waals surface area contributed by atoms with Gasteiger partial charge in [-0.25, -0.2) is 4.79 Å². The number of likely N-dealkylation sites (N-methyl/N-ethyl adjacent to an activating group) is 1. The van der Waals surface area contributed by atoms with E-state index in [4.69, 9.17) is 0 Å². The first-order chi connectivity index (χ1) is 17.8. The Kier molecular flexibility index (Phi) is 8.28. The lowest BCUT2D eigenvalue weighted by Gasteiger charge is -2.47. The summed E-state index contributed by atoms with van der Waals surface area (Å²) in [5, 5.41) is 13.3. The smallest absolute Gasteiger partial charge is 0.353 e. The highest BCUT2D eigenvalue weighted by Gasteiger charge is 2.60. The number of Topliss-reactive ketones (excluding diaryl/α,β-unsaturated/α-hetero) is 1. The highest BCUT2D eigenvalue weighted by atomic mass is 32.2. The summed E-state index contributed by atoms with van der Waals surface area (Å²) < 4.78 is 0. The highest BCUT2D eigenvalue weighted by molar-refractivity contribution is 8.03. The van der Waals surface area contributed by atoms with E-state index in [-0.39, 0.29) is 76.2 Å². The lowest BCUT2D eigenvalue weighted by molar-refractivity contribution is -0.160. The molecule has 3 amide bonds. The van der Waals surface area contributed by atoms with Crippen LogP contribution in [0.5, 0.6) is 0 Å². The lowest BCUT2D eigenvalue weighted by Crippen LogP contribution is -2.62. The molecule has 0 aromatic rings. The van der Waals surface area contributed by atoms with Crippen LogP contribution in [0.25, 0.3) is 0 Å². The number of fused-ring (bicyclic) bond motifs is 1. The topological polar surface area (TPSA) is 127 Å². The van der Waals surface area contributed by atoms with E-state index in [9.17, 15) is 29.1 Å². The summed E-state index contributed by atoms with van der Waals surface area (Å²) in [5.74, 6) is -1.91. The number of nitrogens with zero attached hydrogens (tertiary/aromatic N) is 3. The van der Waals surface area contributed by atoms with E-state index < -0.39 is 5.97 Å². The molecule has 3 fully saturated rings. The second-order valence-electron chi connectivity index (χ2n) is 11.7. The first-order valence-corrected chi connectivity index (χ1v) is 14.4. The van der Waals surface area contributed by atoms with Gasteiger partial charge >= 0.3 is 5.97 Å². The van der Waals surface area contributed by atoms with Crippen molar-refractivity contribution >= 4 is 41.2 Å². The van der Waals surface area contributed by atoms with E-state index >= 15 is 0 Å². The van der Waals surface area contributed by atoms with E-state index in [1.165, 1.54) is 23.6 Å². The van der Waals surface area contributed by atoms with Crippen LogP contribution in [0.3, 0.4) is 0 Å². The fraction of sp³-hybridized carbons (Fsp3) is 0.741. The Morgan fingerprint density at radius 1 is 1.13 bits per heavy atom. The highest BCUT2D eigenvalue weighted by Crippen LogP contribution is 2.53. The van der Waals surface area contributed by atoms with Crippen LogP contribution in [-0.2, 0) is 24.0 Å². The number of aliphatic carboxylic acids is 1. The normalized spacial score (nSPS) is 33.2. The van der Waals surface area contributed by atoms with Gasteiger partial charge in [0.05, 0.1) is 18.0 Å². The Bertz CT molecular complexity index is 1060. The zero-order chi connectivity index (χ0) is 28.0. The van der Waals surface area contributed by atoms with E-state index in [1.54, 1.807) is 30.9 Å². The van der Waals surface area contributed by atoms with Crippen LogP contribution in [0.15, 0.2) is 10.6 Å². The predicted molar refractivity (Wildman–Crippen MR) is 143 cm³/mol. The number of ketones is 1. The fourth-order valence-corrected chi connectivity index (χ4v) is 8.31. The van der Waals surface area contributed by atoms with Crippen molar-refractivity contribution in [2.75, 3.05) is 27.7 Å². The largest absolute Gasteiger partial charge is 0.477 e. The van der Waals surface area contributed by atoms with Crippen molar-refractivity contribution in [1.29, 1.82) is 0 Å². The number of carbonyl (C=O) groups excluding carboxylic acids is 4. The van der Waals surface area contributed by atoms with Gasteiger partial charge in [-0.1, -0.05) is 13.8 Å². The second-order valence-corrected chi connectivity index (χ2v) is 13.0. The van der Waals surface area contributed by atoms with Crippen LogP contribution in [-0.4, -0.2) is 100 Å². The van der Waals surface area contributed by atoms with Gasteiger partial charge in [-0.15, -0.1) is 11.8 Å². The van der Waals surface area contributed by atoms with Gasteiger partial charge in [-0.05, 0) is 38.5 Å². The van der Waals surface area contributed by atoms with Crippen molar-refractivity contribution in [3.05, 3.63) is 10.6 Å². The van der Waals surface area contributed by atoms with Gasteiger partial charge in [0.25, 0.3) is 0 Å². The van der Waals surface area contributed by atoms with Crippen molar-refractivity contribution in [1.82, 2.24) is 20.0 Å². The van der Waals surface area contributed by atoms with Crippen LogP contribution < -0.4 is 5.32 Å². The number of rotatable bonds is 9. The number of nitrogens with one attached hydrogen (secondary N) is 1. The van der Waals surface area contributed by atoms with Gasteiger partial charge in [0, 0.05) is 62.1 Å². The number of amides is 3. The Balaban J connectivity index is 1.39. The molecule has 0 aromatic heterocycles. The average Bonchev–Trinajstić information content (AvgIpc) is 3.56. The monoisotopic (exact) mass is 548 g/mol. The van der Waals surface area contributed by atoms with Crippen molar-refractivity contribution in [3.8, 4) is 0 Å². The number of hydrogen-bond acceptors (Lipinski definition) is 7. The van der Waals surface area contributed by atoms with Crippen LogP contribution in [0.2, 0.25) is 0 Å². The molecule has 2 saturated heterocycles. The number of carboxylic acid groups (broad SMARTS) is 1. The van der Waals surface area contributed by atoms with Crippen LogP contribution in [0.4, 0.5) is 0 Å². The van der Waals surface area contributed by atoms with Crippen molar-refractivity contribution < 1.29 is 29.1 Å². The Morgan fingerprint density at radius 2 is 1.82 bits per heavy atom. The molecule has 0 spiro atoms. The molecule has 210 valence electrons. The Morgan fingerprint density at radius 3 is 2.42 bits per heavy atom. The summed E-state index contributed by atoms with van der Waals surface area (Å²) in [6, 6.07) is -0.582. The zero-order valence-corrected chi connectivity index (χ0v) is 23.9.